The summed E-state index contributed by atoms with van der Waals surface area (Å²) in [6.45, 7) is 7.58. The number of halogens is 2. The number of aromatic nitrogens is 3. The van der Waals surface area contributed by atoms with E-state index in [1.165, 1.54) is 9.58 Å². The molecule has 1 aliphatic heterocycles. The van der Waals surface area contributed by atoms with Crippen molar-refractivity contribution in [3.05, 3.63) is 75.8 Å². The number of aliphatic imine (C=N–C) groups is 1. The van der Waals surface area contributed by atoms with Crippen molar-refractivity contribution >= 4 is 52.8 Å². The molecule has 0 saturated heterocycles. The molecule has 2 aromatic carbocycles. The quantitative estimate of drug-likeness (QED) is 0.131. The second kappa shape index (κ2) is 18.5. The summed E-state index contributed by atoms with van der Waals surface area (Å²) in [6.07, 6.45) is 1.45. The molecule has 0 saturated carbocycles. The third-order valence-corrected chi connectivity index (χ3v) is 8.74. The molecule has 6 N–H and O–H groups in total. The number of rotatable bonds is 17. The predicted molar refractivity (Wildman–Crippen MR) is 197 cm³/mol. The van der Waals surface area contributed by atoms with E-state index < -0.39 is 35.8 Å². The van der Waals surface area contributed by atoms with Crippen LogP contribution in [0.2, 0.25) is 10.0 Å². The maximum atomic E-state index is 13.9. The minimum absolute atomic E-state index is 0.0694. The van der Waals surface area contributed by atoms with Crippen molar-refractivity contribution in [3.63, 3.8) is 0 Å². The fraction of sp³-hybridized carbons (Fsp3) is 0.457. The van der Waals surface area contributed by atoms with Crippen LogP contribution in [-0.4, -0.2) is 94.1 Å². The second-order valence-electron chi connectivity index (χ2n) is 12.9. The van der Waals surface area contributed by atoms with Gasteiger partial charge in [-0.3, -0.25) is 24.2 Å². The third-order valence-electron chi connectivity index (χ3n) is 8.31. The van der Waals surface area contributed by atoms with Crippen LogP contribution in [0, 0.1) is 12.8 Å². The van der Waals surface area contributed by atoms with Gasteiger partial charge in [0.05, 0.1) is 12.2 Å². The molecule has 2 unspecified atom stereocenters. The number of guanidine groups is 1. The number of nitrogens with zero attached hydrogens (tertiary/aromatic N) is 5. The molecule has 16 heteroatoms. The summed E-state index contributed by atoms with van der Waals surface area (Å²) in [4.78, 5) is 63.4. The van der Waals surface area contributed by atoms with Gasteiger partial charge in [0.15, 0.2) is 5.96 Å². The molecule has 1 aliphatic rings. The van der Waals surface area contributed by atoms with Gasteiger partial charge in [-0.1, -0.05) is 67.4 Å². The van der Waals surface area contributed by atoms with E-state index in [9.17, 15) is 19.2 Å². The Morgan fingerprint density at radius 1 is 1.06 bits per heavy atom. The van der Waals surface area contributed by atoms with Gasteiger partial charge in [-0.25, -0.2) is 9.67 Å². The molecule has 14 nitrogen and oxygen atoms in total. The van der Waals surface area contributed by atoms with Crippen molar-refractivity contribution in [2.45, 2.75) is 71.0 Å². The van der Waals surface area contributed by atoms with Crippen LogP contribution in [0.1, 0.15) is 61.5 Å². The van der Waals surface area contributed by atoms with E-state index in [1.54, 1.807) is 32.2 Å². The van der Waals surface area contributed by atoms with E-state index in [1.807, 2.05) is 44.2 Å². The van der Waals surface area contributed by atoms with Gasteiger partial charge in [0, 0.05) is 49.1 Å². The predicted octanol–water partition coefficient (Wildman–Crippen LogP) is 2.79. The summed E-state index contributed by atoms with van der Waals surface area (Å²) >= 11 is 12.4. The summed E-state index contributed by atoms with van der Waals surface area (Å²) in [6, 6.07) is 11.7. The number of primary amides is 1. The van der Waals surface area contributed by atoms with Crippen LogP contribution in [0.4, 0.5) is 0 Å². The van der Waals surface area contributed by atoms with E-state index in [-0.39, 0.29) is 36.9 Å². The number of hydrogen-bond acceptors (Lipinski definition) is 9. The minimum atomic E-state index is -0.982. The van der Waals surface area contributed by atoms with Gasteiger partial charge in [0.25, 0.3) is 5.91 Å². The monoisotopic (exact) mass is 740 g/mol. The first-order valence-corrected chi connectivity index (χ1v) is 17.7. The zero-order valence-electron chi connectivity index (χ0n) is 29.3. The number of nitrogens with two attached hydrogens (primary N) is 1. The number of amides is 4. The van der Waals surface area contributed by atoms with E-state index in [2.05, 4.69) is 36.3 Å². The van der Waals surface area contributed by atoms with E-state index in [4.69, 9.17) is 28.9 Å². The Morgan fingerprint density at radius 2 is 1.76 bits per heavy atom. The molecule has 4 rings (SSSR count). The summed E-state index contributed by atoms with van der Waals surface area (Å²) in [5, 5.41) is 17.3. The lowest BCUT2D eigenvalue weighted by atomic mass is 9.98. The van der Waals surface area contributed by atoms with E-state index >= 15 is 0 Å². The highest BCUT2D eigenvalue weighted by atomic mass is 35.5. The highest BCUT2D eigenvalue weighted by Crippen LogP contribution is 2.22. The summed E-state index contributed by atoms with van der Waals surface area (Å²) in [5.74, 6) is -1.01. The number of aryl methyl sites for hydroxylation is 1. The molecule has 3 aromatic rings. The number of likely N-dealkylation sites (N-methyl/N-ethyl adjacent to an activating group) is 1. The number of carbonyl (C=O) groups excluding carboxylic acids is 4. The average molecular weight is 742 g/mol. The standard InChI is InChI=1S/C35H46Cl2N10O4/c1-21(2)15-26(20-30(48)46(4)29(31(38)49)16-23-9-6-5-7-10-23)43-33(50)28(11-8-12-39-35-40-13-14-41-35)44-34(51)32-42-22(3)47(45-32)27-18-24(36)17-25(37)19-27/h5-7,9-10,17-19,21,26,28-29H,8,11-16,20H2,1-4H3,(H2,38,49)(H,43,50)(H,44,51)(H2,39,40,41)/t26?,28-,29?/m0/s1. The Morgan fingerprint density at radius 3 is 2.39 bits per heavy atom. The fourth-order valence-electron chi connectivity index (χ4n) is 5.77. The first-order chi connectivity index (χ1) is 24.3. The van der Waals surface area contributed by atoms with Crippen molar-refractivity contribution in [2.75, 3.05) is 26.7 Å². The summed E-state index contributed by atoms with van der Waals surface area (Å²) in [5.41, 5.74) is 7.11. The van der Waals surface area contributed by atoms with Gasteiger partial charge in [0.1, 0.15) is 17.9 Å². The Labute approximate surface area is 307 Å². The van der Waals surface area contributed by atoms with Crippen LogP contribution in [0.3, 0.4) is 0 Å². The van der Waals surface area contributed by atoms with Gasteiger partial charge < -0.3 is 31.9 Å². The van der Waals surface area contributed by atoms with Crippen LogP contribution >= 0.6 is 23.2 Å². The van der Waals surface area contributed by atoms with E-state index in [0.29, 0.717) is 53.4 Å². The van der Waals surface area contributed by atoms with Crippen LogP contribution in [0.25, 0.3) is 5.69 Å². The molecular formula is C35H46Cl2N10O4. The first kappa shape index (κ1) is 39.1. The van der Waals surface area contributed by atoms with Crippen molar-refractivity contribution < 1.29 is 19.2 Å². The Kier molecular flexibility index (Phi) is 14.2. The Balaban J connectivity index is 1.49. The lowest BCUT2D eigenvalue weighted by molar-refractivity contribution is -0.138. The third kappa shape index (κ3) is 11.7. The number of carbonyl (C=O) groups is 4. The Bertz CT molecular complexity index is 1700. The van der Waals surface area contributed by atoms with Crippen LogP contribution in [0.15, 0.2) is 53.5 Å². The lowest BCUT2D eigenvalue weighted by Gasteiger charge is -2.29. The number of benzene rings is 2. The molecule has 51 heavy (non-hydrogen) atoms. The SMILES string of the molecule is Cc1nc(C(=O)N[C@@H](CCCNC2=NCCN2)C(=O)NC(CC(=O)N(C)C(Cc2ccccc2)C(N)=O)CC(C)C)nn1-c1cc(Cl)cc(Cl)c1. The van der Waals surface area contributed by atoms with Crippen LogP contribution in [0.5, 0.6) is 0 Å². The van der Waals surface area contributed by atoms with Crippen LogP contribution in [-0.2, 0) is 20.8 Å². The molecule has 4 amide bonds. The molecule has 3 atom stereocenters. The summed E-state index contributed by atoms with van der Waals surface area (Å²) < 4.78 is 1.44. The smallest absolute Gasteiger partial charge is 0.291 e. The number of hydrogen-bond donors (Lipinski definition) is 5. The molecule has 0 bridgehead atoms. The highest BCUT2D eigenvalue weighted by molar-refractivity contribution is 6.34. The van der Waals surface area contributed by atoms with Gasteiger partial charge in [-0.05, 0) is 55.9 Å². The van der Waals surface area contributed by atoms with Crippen molar-refractivity contribution in [2.24, 2.45) is 16.6 Å². The molecule has 274 valence electrons. The van der Waals surface area contributed by atoms with Crippen molar-refractivity contribution in [1.82, 2.24) is 40.9 Å². The fourth-order valence-corrected chi connectivity index (χ4v) is 6.29. The first-order valence-electron chi connectivity index (χ1n) is 16.9. The molecule has 0 aliphatic carbocycles. The molecule has 0 spiro atoms. The molecular weight excluding hydrogens is 695 g/mol. The van der Waals surface area contributed by atoms with Crippen molar-refractivity contribution in [3.8, 4) is 5.69 Å². The van der Waals surface area contributed by atoms with Gasteiger partial charge >= 0.3 is 0 Å². The number of nitrogens with one attached hydrogen (secondary N) is 4. The summed E-state index contributed by atoms with van der Waals surface area (Å²) in [7, 11) is 1.54. The molecule has 2 heterocycles. The highest BCUT2D eigenvalue weighted by Gasteiger charge is 2.30. The Hall–Kier alpha value is -4.69. The van der Waals surface area contributed by atoms with Crippen LogP contribution < -0.4 is 27.0 Å². The lowest BCUT2D eigenvalue weighted by Crippen LogP contribution is -2.52. The van der Waals surface area contributed by atoms with Gasteiger partial charge in [-0.2, -0.15) is 0 Å². The molecule has 0 fully saturated rings. The molecule has 0 radical (unpaired) electrons. The second-order valence-corrected chi connectivity index (χ2v) is 13.8. The zero-order chi connectivity index (χ0) is 37.1. The maximum Gasteiger partial charge on any atom is 0.291 e. The van der Waals surface area contributed by atoms with Crippen molar-refractivity contribution in [1.29, 1.82) is 0 Å². The minimum Gasteiger partial charge on any atom is -0.368 e. The maximum absolute atomic E-state index is 13.9. The molecule has 1 aromatic heterocycles. The zero-order valence-corrected chi connectivity index (χ0v) is 30.8. The van der Waals surface area contributed by atoms with Gasteiger partial charge in [-0.15, -0.1) is 5.10 Å². The van der Waals surface area contributed by atoms with E-state index in [0.717, 1.165) is 12.1 Å². The van der Waals surface area contributed by atoms with Gasteiger partial charge in [0.2, 0.25) is 23.5 Å². The normalized spacial score (nSPS) is 14.2. The topological polar surface area (TPSA) is 189 Å². The largest absolute Gasteiger partial charge is 0.368 e. The average Bonchev–Trinajstić information content (AvgIpc) is 3.74.